The molecule has 0 saturated carbocycles. The van der Waals surface area contributed by atoms with Gasteiger partial charge in [-0.15, -0.1) is 0 Å². The largest absolute Gasteiger partial charge is 0.777 e. The van der Waals surface area contributed by atoms with Crippen LogP contribution in [0.25, 0.3) is 0 Å². The summed E-state index contributed by atoms with van der Waals surface area (Å²) >= 11 is 0. The van der Waals surface area contributed by atoms with Crippen molar-refractivity contribution in [3.05, 3.63) is 47.5 Å². The van der Waals surface area contributed by atoms with Crippen molar-refractivity contribution in [2.75, 3.05) is 0 Å². The van der Waals surface area contributed by atoms with E-state index in [0.29, 0.717) is 23.0 Å². The van der Waals surface area contributed by atoms with Crippen molar-refractivity contribution >= 4 is 6.96 Å². The van der Waals surface area contributed by atoms with Gasteiger partial charge in [0, 0.05) is 0 Å². The molecular weight excluding hydrogens is 243 g/mol. The third-order valence-corrected chi connectivity index (χ3v) is 3.28. The maximum absolute atomic E-state index is 5.75. The van der Waals surface area contributed by atoms with Crippen LogP contribution in [-0.4, -0.2) is 6.96 Å². The zero-order valence-electron chi connectivity index (χ0n) is 10.7. The molecule has 0 unspecified atom stereocenters. The first kappa shape index (κ1) is 10.6. The lowest BCUT2D eigenvalue weighted by Crippen LogP contribution is -2.54. The lowest BCUT2D eigenvalue weighted by molar-refractivity contribution is 0.224. The first-order valence-corrected chi connectivity index (χ1v) is 6.24. The summed E-state index contributed by atoms with van der Waals surface area (Å²) < 4.78 is 23.0. The monoisotopic (exact) mass is 255 g/mol. The van der Waals surface area contributed by atoms with Gasteiger partial charge in [-0.1, -0.05) is 12.1 Å². The van der Waals surface area contributed by atoms with Crippen LogP contribution in [0.4, 0.5) is 0 Å². The van der Waals surface area contributed by atoms with E-state index >= 15 is 0 Å². The van der Waals surface area contributed by atoms with Crippen molar-refractivity contribution in [2.45, 2.75) is 13.8 Å². The van der Waals surface area contributed by atoms with Crippen LogP contribution in [0.5, 0.6) is 23.0 Å². The van der Waals surface area contributed by atoms with E-state index in [1.165, 1.54) is 0 Å². The van der Waals surface area contributed by atoms with Gasteiger partial charge in [-0.25, -0.2) is 0 Å². The van der Waals surface area contributed by atoms with Gasteiger partial charge in [-0.2, -0.15) is 0 Å². The molecule has 0 bridgehead atoms. The van der Waals surface area contributed by atoms with Crippen LogP contribution in [0.1, 0.15) is 11.1 Å². The maximum atomic E-state index is 5.75. The number of rotatable bonds is 0. The second-order valence-electron chi connectivity index (χ2n) is 4.95. The molecular formula is C14H12BO4-. The van der Waals surface area contributed by atoms with Gasteiger partial charge in [0.25, 0.3) is 0 Å². The highest BCUT2D eigenvalue weighted by Gasteiger charge is 2.51. The number of hydrogen-bond acceptors (Lipinski definition) is 4. The normalized spacial score (nSPS) is 16.9. The van der Waals surface area contributed by atoms with Crippen molar-refractivity contribution < 1.29 is 18.6 Å². The minimum atomic E-state index is -2.24. The van der Waals surface area contributed by atoms with Crippen molar-refractivity contribution in [2.24, 2.45) is 0 Å². The molecule has 0 fully saturated rings. The molecule has 2 aliphatic heterocycles. The van der Waals surface area contributed by atoms with E-state index in [1.807, 2.05) is 50.2 Å². The molecule has 0 aliphatic carbocycles. The molecule has 2 aliphatic rings. The summed E-state index contributed by atoms with van der Waals surface area (Å²) in [7, 11) is 0. The van der Waals surface area contributed by atoms with Crippen molar-refractivity contribution in [3.8, 4) is 23.0 Å². The van der Waals surface area contributed by atoms with Gasteiger partial charge in [0.15, 0.2) is 0 Å². The van der Waals surface area contributed by atoms with Crippen molar-refractivity contribution in [1.29, 1.82) is 0 Å². The third-order valence-electron chi connectivity index (χ3n) is 3.28. The average molecular weight is 255 g/mol. The van der Waals surface area contributed by atoms with E-state index in [1.54, 1.807) is 0 Å². The van der Waals surface area contributed by atoms with E-state index in [2.05, 4.69) is 0 Å². The van der Waals surface area contributed by atoms with Crippen LogP contribution in [-0.2, 0) is 0 Å². The van der Waals surface area contributed by atoms with Crippen LogP contribution >= 0.6 is 0 Å². The van der Waals surface area contributed by atoms with Crippen LogP contribution in [0.3, 0.4) is 0 Å². The minimum absolute atomic E-state index is 0.648. The highest BCUT2D eigenvalue weighted by molar-refractivity contribution is 6.59. The van der Waals surface area contributed by atoms with Crippen molar-refractivity contribution in [3.63, 3.8) is 0 Å². The Morgan fingerprint density at radius 3 is 1.53 bits per heavy atom. The average Bonchev–Trinajstić information content (AvgIpc) is 2.87. The van der Waals surface area contributed by atoms with Gasteiger partial charge in [0.2, 0.25) is 0 Å². The predicted molar refractivity (Wildman–Crippen MR) is 70.6 cm³/mol. The Morgan fingerprint density at radius 1 is 0.632 bits per heavy atom. The molecule has 96 valence electrons. The molecule has 4 nitrogen and oxygen atoms in total. The van der Waals surface area contributed by atoms with Gasteiger partial charge in [0.05, 0.1) is 0 Å². The summed E-state index contributed by atoms with van der Waals surface area (Å²) in [5.41, 5.74) is 2.20. The molecule has 0 radical (unpaired) electrons. The fourth-order valence-electron chi connectivity index (χ4n) is 2.38. The van der Waals surface area contributed by atoms with E-state index < -0.39 is 6.96 Å². The fourth-order valence-corrected chi connectivity index (χ4v) is 2.38. The Labute approximate surface area is 110 Å². The first-order valence-electron chi connectivity index (χ1n) is 6.24. The molecule has 0 N–H and O–H groups in total. The van der Waals surface area contributed by atoms with Gasteiger partial charge in [0.1, 0.15) is 23.0 Å². The van der Waals surface area contributed by atoms with Gasteiger partial charge in [-0.05, 0) is 49.2 Å². The summed E-state index contributed by atoms with van der Waals surface area (Å²) in [5.74, 6) is 2.61. The Balaban J connectivity index is 1.70. The van der Waals surface area contributed by atoms with E-state index in [9.17, 15) is 0 Å². The van der Waals surface area contributed by atoms with Crippen LogP contribution in [0.2, 0.25) is 0 Å². The molecule has 0 atom stereocenters. The van der Waals surface area contributed by atoms with E-state index in [-0.39, 0.29) is 0 Å². The zero-order valence-corrected chi connectivity index (χ0v) is 10.7. The SMILES string of the molecule is Cc1ccc2c(c1)O[B-]1(O2)Oc2ccc(C)cc2O1. The summed E-state index contributed by atoms with van der Waals surface area (Å²) in [4.78, 5) is 0. The lowest BCUT2D eigenvalue weighted by Gasteiger charge is -2.27. The molecule has 0 aromatic heterocycles. The Hall–Kier alpha value is -2.30. The molecule has 19 heavy (non-hydrogen) atoms. The first-order chi connectivity index (χ1) is 9.13. The number of benzene rings is 2. The van der Waals surface area contributed by atoms with E-state index in [0.717, 1.165) is 11.1 Å². The molecule has 2 heterocycles. The Bertz CT molecular complexity index is 624. The second-order valence-corrected chi connectivity index (χ2v) is 4.95. The molecule has 2 aromatic carbocycles. The lowest BCUT2D eigenvalue weighted by atomic mass is 10.1. The standard InChI is InChI=1S/C14H12BO4/c1-9-3-5-11-13(7-9)18-15(16-11)17-12-6-4-10(2)8-14(12)19-15/h3-8H,1-2H3/q-1. The van der Waals surface area contributed by atoms with Crippen molar-refractivity contribution in [1.82, 2.24) is 0 Å². The summed E-state index contributed by atoms with van der Waals surface area (Å²) in [6.45, 7) is 1.76. The highest BCUT2D eigenvalue weighted by atomic mass is 16.9. The van der Waals surface area contributed by atoms with Gasteiger partial charge in [-0.3, -0.25) is 0 Å². The molecule has 1 spiro atoms. The maximum Gasteiger partial charge on any atom is 0.777 e. The summed E-state index contributed by atoms with van der Waals surface area (Å²) in [5, 5.41) is 0. The highest BCUT2D eigenvalue weighted by Crippen LogP contribution is 2.45. The molecule has 0 saturated heterocycles. The Morgan fingerprint density at radius 2 is 1.05 bits per heavy atom. The van der Waals surface area contributed by atoms with E-state index in [4.69, 9.17) is 18.6 Å². The number of hydrogen-bond donors (Lipinski definition) is 0. The van der Waals surface area contributed by atoms with Crippen LogP contribution < -0.4 is 18.6 Å². The Kier molecular flexibility index (Phi) is 1.89. The smallest absolute Gasteiger partial charge is 0.609 e. The van der Waals surface area contributed by atoms with Gasteiger partial charge >= 0.3 is 6.96 Å². The molecule has 0 amide bonds. The minimum Gasteiger partial charge on any atom is -0.609 e. The van der Waals surface area contributed by atoms with Crippen LogP contribution in [0, 0.1) is 13.8 Å². The summed E-state index contributed by atoms with van der Waals surface area (Å²) in [6, 6.07) is 11.5. The third kappa shape index (κ3) is 1.54. The predicted octanol–water partition coefficient (Wildman–Crippen LogP) is 2.98. The number of aryl methyl sites for hydroxylation is 2. The zero-order chi connectivity index (χ0) is 13.0. The molecule has 4 rings (SSSR count). The molecule has 2 aromatic rings. The quantitative estimate of drug-likeness (QED) is 0.678. The summed E-state index contributed by atoms with van der Waals surface area (Å²) in [6.07, 6.45) is 0. The van der Waals surface area contributed by atoms with Gasteiger partial charge < -0.3 is 18.6 Å². The number of fused-ring (bicyclic) bond motifs is 2. The fraction of sp³-hybridized carbons (Fsp3) is 0.143. The second kappa shape index (κ2) is 3.38. The molecule has 5 heteroatoms. The van der Waals surface area contributed by atoms with Crippen LogP contribution in [0.15, 0.2) is 36.4 Å². The topological polar surface area (TPSA) is 36.9 Å².